The number of nitrogens with zero attached hydrogens (tertiary/aromatic N) is 2. The molecule has 112 valence electrons. The molecule has 1 aliphatic rings. The van der Waals surface area contributed by atoms with E-state index in [0.717, 1.165) is 25.4 Å². The Morgan fingerprint density at radius 3 is 2.71 bits per heavy atom. The summed E-state index contributed by atoms with van der Waals surface area (Å²) in [5.74, 6) is 0.653. The molecule has 1 aliphatic carbocycles. The number of aromatic nitrogens is 2. The second-order valence-electron chi connectivity index (χ2n) is 6.26. The van der Waals surface area contributed by atoms with Crippen molar-refractivity contribution < 1.29 is 0 Å². The van der Waals surface area contributed by atoms with Crippen molar-refractivity contribution in [2.24, 2.45) is 5.92 Å². The van der Waals surface area contributed by atoms with Gasteiger partial charge in [0.1, 0.15) is 0 Å². The zero-order valence-corrected chi connectivity index (χ0v) is 13.6. The summed E-state index contributed by atoms with van der Waals surface area (Å²) in [7, 11) is 0. The van der Waals surface area contributed by atoms with Gasteiger partial charge >= 0.3 is 0 Å². The van der Waals surface area contributed by atoms with E-state index in [-0.39, 0.29) is 0 Å². The zero-order chi connectivity index (χ0) is 14.7. The Balaban J connectivity index is 1.73. The molecule has 0 amide bonds. The minimum atomic E-state index is 0.653. The van der Waals surface area contributed by atoms with Gasteiger partial charge in [-0.1, -0.05) is 13.8 Å². The Morgan fingerprint density at radius 1 is 1.29 bits per heavy atom. The first-order valence-electron chi connectivity index (χ1n) is 7.80. The van der Waals surface area contributed by atoms with Crippen LogP contribution in [0.4, 0.5) is 0 Å². The second kappa shape index (κ2) is 6.67. The molecule has 4 heteroatoms. The van der Waals surface area contributed by atoms with Crippen LogP contribution in [0.1, 0.15) is 47.8 Å². The Labute approximate surface area is 130 Å². The summed E-state index contributed by atoms with van der Waals surface area (Å²) < 4.78 is 0. The number of nitrogens with one attached hydrogen (secondary N) is 1. The van der Waals surface area contributed by atoms with Crippen molar-refractivity contribution in [2.75, 3.05) is 0 Å². The molecule has 21 heavy (non-hydrogen) atoms. The van der Waals surface area contributed by atoms with E-state index >= 15 is 0 Å². The first-order valence-corrected chi connectivity index (χ1v) is 8.62. The maximum atomic E-state index is 4.90. The van der Waals surface area contributed by atoms with Gasteiger partial charge in [-0.2, -0.15) is 0 Å². The van der Waals surface area contributed by atoms with Gasteiger partial charge in [0.2, 0.25) is 0 Å². The summed E-state index contributed by atoms with van der Waals surface area (Å²) in [5.41, 5.74) is 2.59. The molecule has 0 saturated heterocycles. The third-order valence-corrected chi connectivity index (χ3v) is 4.76. The quantitative estimate of drug-likeness (QED) is 0.849. The minimum Gasteiger partial charge on any atom is -0.309 e. The monoisotopic (exact) mass is 301 g/mol. The molecule has 0 aliphatic heterocycles. The van der Waals surface area contributed by atoms with Crippen LogP contribution in [-0.2, 0) is 19.4 Å². The zero-order valence-electron chi connectivity index (χ0n) is 12.8. The lowest BCUT2D eigenvalue weighted by molar-refractivity contribution is 0.623. The van der Waals surface area contributed by atoms with Crippen LogP contribution in [0.15, 0.2) is 24.5 Å². The summed E-state index contributed by atoms with van der Waals surface area (Å²) in [5, 5.41) is 4.85. The standard InChI is InChI=1S/C17H23N3S/c1-12(2)9-15-16(11-19-14-3-4-14)21-17(20-15)10-13-5-7-18-8-6-13/h5-8,12,14,19H,3-4,9-11H2,1-2H3. The Hall–Kier alpha value is -1.26. The molecule has 0 unspecified atom stereocenters. The van der Waals surface area contributed by atoms with Crippen molar-refractivity contribution in [3.8, 4) is 0 Å². The van der Waals surface area contributed by atoms with E-state index in [1.807, 2.05) is 23.7 Å². The molecular weight excluding hydrogens is 278 g/mol. The number of hydrogen-bond acceptors (Lipinski definition) is 4. The van der Waals surface area contributed by atoms with Gasteiger partial charge in [-0.25, -0.2) is 4.98 Å². The number of hydrogen-bond donors (Lipinski definition) is 1. The van der Waals surface area contributed by atoms with Crippen LogP contribution in [0.25, 0.3) is 0 Å². The SMILES string of the molecule is CC(C)Cc1nc(Cc2ccncc2)sc1CNC1CC1. The highest BCUT2D eigenvalue weighted by Gasteiger charge is 2.21. The van der Waals surface area contributed by atoms with Gasteiger partial charge in [0.15, 0.2) is 0 Å². The molecule has 3 nitrogen and oxygen atoms in total. The van der Waals surface area contributed by atoms with Gasteiger partial charge in [0.05, 0.1) is 10.7 Å². The summed E-state index contributed by atoms with van der Waals surface area (Å²) in [6.45, 7) is 5.51. The Morgan fingerprint density at radius 2 is 2.05 bits per heavy atom. The molecule has 0 bridgehead atoms. The third-order valence-electron chi connectivity index (χ3n) is 3.66. The van der Waals surface area contributed by atoms with Crippen molar-refractivity contribution >= 4 is 11.3 Å². The van der Waals surface area contributed by atoms with Crippen LogP contribution in [0.5, 0.6) is 0 Å². The fourth-order valence-corrected chi connectivity index (χ4v) is 3.48. The van der Waals surface area contributed by atoms with Crippen molar-refractivity contribution in [2.45, 2.75) is 52.1 Å². The van der Waals surface area contributed by atoms with Gasteiger partial charge in [0.25, 0.3) is 0 Å². The lowest BCUT2D eigenvalue weighted by Gasteiger charge is -2.05. The molecule has 2 heterocycles. The van der Waals surface area contributed by atoms with Crippen LogP contribution in [0, 0.1) is 5.92 Å². The topological polar surface area (TPSA) is 37.8 Å². The van der Waals surface area contributed by atoms with Gasteiger partial charge in [-0.3, -0.25) is 4.98 Å². The number of rotatable bonds is 7. The van der Waals surface area contributed by atoms with Gasteiger partial charge < -0.3 is 5.32 Å². The summed E-state index contributed by atoms with van der Waals surface area (Å²) in [4.78, 5) is 10.4. The van der Waals surface area contributed by atoms with Crippen molar-refractivity contribution in [3.63, 3.8) is 0 Å². The lowest BCUT2D eigenvalue weighted by Crippen LogP contribution is -2.15. The first-order chi connectivity index (χ1) is 10.2. The number of pyridine rings is 1. The first kappa shape index (κ1) is 14.7. The van der Waals surface area contributed by atoms with Gasteiger partial charge in [-0.15, -0.1) is 11.3 Å². The van der Waals surface area contributed by atoms with E-state index in [1.165, 1.54) is 34.0 Å². The van der Waals surface area contributed by atoms with E-state index in [4.69, 9.17) is 4.98 Å². The van der Waals surface area contributed by atoms with E-state index < -0.39 is 0 Å². The van der Waals surface area contributed by atoms with Crippen molar-refractivity contribution in [1.29, 1.82) is 0 Å². The summed E-state index contributed by atoms with van der Waals surface area (Å²) in [6, 6.07) is 4.90. The lowest BCUT2D eigenvalue weighted by atomic mass is 10.1. The third kappa shape index (κ3) is 4.35. The highest BCUT2D eigenvalue weighted by Crippen LogP contribution is 2.25. The fourth-order valence-electron chi connectivity index (χ4n) is 2.40. The maximum Gasteiger partial charge on any atom is 0.0975 e. The van der Waals surface area contributed by atoms with Crippen LogP contribution in [0.3, 0.4) is 0 Å². The van der Waals surface area contributed by atoms with Gasteiger partial charge in [-0.05, 0) is 42.9 Å². The molecule has 2 aromatic heterocycles. The normalized spacial score (nSPS) is 14.8. The molecule has 0 atom stereocenters. The molecule has 1 N–H and O–H groups in total. The van der Waals surface area contributed by atoms with E-state index in [1.54, 1.807) is 0 Å². The predicted octanol–water partition coefficient (Wildman–Crippen LogP) is 3.58. The average molecular weight is 301 g/mol. The second-order valence-corrected chi connectivity index (χ2v) is 7.43. The molecular formula is C17H23N3S. The Bertz CT molecular complexity index is 573. The molecule has 2 aromatic rings. The molecule has 0 radical (unpaired) electrons. The predicted molar refractivity (Wildman–Crippen MR) is 87.6 cm³/mol. The average Bonchev–Trinajstić information content (AvgIpc) is 3.21. The fraction of sp³-hybridized carbons (Fsp3) is 0.529. The van der Waals surface area contributed by atoms with Crippen LogP contribution in [0.2, 0.25) is 0 Å². The largest absolute Gasteiger partial charge is 0.309 e. The molecule has 0 spiro atoms. The molecule has 0 aromatic carbocycles. The van der Waals surface area contributed by atoms with Gasteiger partial charge in [0, 0.05) is 36.3 Å². The Kier molecular flexibility index (Phi) is 4.66. The summed E-state index contributed by atoms with van der Waals surface area (Å²) in [6.07, 6.45) is 8.38. The molecule has 3 rings (SSSR count). The van der Waals surface area contributed by atoms with E-state index in [9.17, 15) is 0 Å². The van der Waals surface area contributed by atoms with E-state index in [0.29, 0.717) is 5.92 Å². The van der Waals surface area contributed by atoms with Crippen LogP contribution < -0.4 is 5.32 Å². The number of thiazole rings is 1. The smallest absolute Gasteiger partial charge is 0.0975 e. The van der Waals surface area contributed by atoms with Crippen LogP contribution in [-0.4, -0.2) is 16.0 Å². The van der Waals surface area contributed by atoms with E-state index in [2.05, 4.69) is 36.3 Å². The highest BCUT2D eigenvalue weighted by molar-refractivity contribution is 7.11. The minimum absolute atomic E-state index is 0.653. The van der Waals surface area contributed by atoms with Crippen molar-refractivity contribution in [3.05, 3.63) is 45.7 Å². The van der Waals surface area contributed by atoms with Crippen LogP contribution >= 0.6 is 11.3 Å². The molecule has 1 fully saturated rings. The summed E-state index contributed by atoms with van der Waals surface area (Å²) >= 11 is 1.87. The highest BCUT2D eigenvalue weighted by atomic mass is 32.1. The molecule has 1 saturated carbocycles. The maximum absolute atomic E-state index is 4.90. The van der Waals surface area contributed by atoms with Crippen molar-refractivity contribution in [1.82, 2.24) is 15.3 Å².